The van der Waals surface area contributed by atoms with Crippen LogP contribution in [0.15, 0.2) is 54.7 Å². The fourth-order valence-electron chi connectivity index (χ4n) is 4.04. The number of imidazole rings is 1. The number of rotatable bonds is 6. The monoisotopic (exact) mass is 500 g/mol. The molecule has 2 aromatic carbocycles. The molecular weight excluding hydrogens is 483 g/mol. The Bertz CT molecular complexity index is 1600. The van der Waals surface area contributed by atoms with Crippen molar-refractivity contribution in [2.75, 3.05) is 0 Å². The molecule has 0 unspecified atom stereocenters. The molecule has 0 amide bonds. The summed E-state index contributed by atoms with van der Waals surface area (Å²) < 4.78 is 74.5. The van der Waals surface area contributed by atoms with Crippen molar-refractivity contribution in [1.82, 2.24) is 19.6 Å². The first-order valence-electron chi connectivity index (χ1n) is 10.7. The van der Waals surface area contributed by atoms with Crippen LogP contribution in [0.5, 0.6) is 5.75 Å². The van der Waals surface area contributed by atoms with Gasteiger partial charge in [-0.1, -0.05) is 6.07 Å². The maximum atomic E-state index is 14.0. The summed E-state index contributed by atoms with van der Waals surface area (Å²) in [6.07, 6.45) is -3.21. The number of ketones is 1. The standard InChI is InChI=1S/C25H17F5N4O2/c1-13-23(21(35)11-20-15-10-14(25(28,29)30)7-8-19(15)32-33-20)34-9-3-6-22(24(34)31-13)36-12-16-17(26)4-2-5-18(16)27/h2-10H,11-12H2,1H3,(H,32,33). The second-order valence-corrected chi connectivity index (χ2v) is 8.13. The molecular formula is C25H17F5N4O2. The third-order valence-corrected chi connectivity index (χ3v) is 5.78. The summed E-state index contributed by atoms with van der Waals surface area (Å²) in [5.74, 6) is -1.72. The number of Topliss-reactive ketones (excluding diaryl/α,β-unsaturated/α-hetero) is 1. The second-order valence-electron chi connectivity index (χ2n) is 8.13. The van der Waals surface area contributed by atoms with E-state index in [0.717, 1.165) is 24.3 Å². The zero-order valence-electron chi connectivity index (χ0n) is 18.7. The molecule has 0 spiro atoms. The minimum absolute atomic E-state index is 0.195. The topological polar surface area (TPSA) is 72.3 Å². The van der Waals surface area contributed by atoms with Gasteiger partial charge in [-0.2, -0.15) is 18.3 Å². The summed E-state index contributed by atoms with van der Waals surface area (Å²) >= 11 is 0. The molecule has 5 rings (SSSR count). The lowest BCUT2D eigenvalue weighted by Crippen LogP contribution is -2.10. The van der Waals surface area contributed by atoms with Gasteiger partial charge >= 0.3 is 6.18 Å². The summed E-state index contributed by atoms with van der Waals surface area (Å²) in [5.41, 5.74) is 0.251. The molecule has 6 nitrogen and oxygen atoms in total. The summed E-state index contributed by atoms with van der Waals surface area (Å²) in [7, 11) is 0. The van der Waals surface area contributed by atoms with Gasteiger partial charge in [0, 0.05) is 11.6 Å². The van der Waals surface area contributed by atoms with Crippen molar-refractivity contribution in [1.29, 1.82) is 0 Å². The Morgan fingerprint density at radius 2 is 1.83 bits per heavy atom. The van der Waals surface area contributed by atoms with Gasteiger partial charge in [-0.15, -0.1) is 0 Å². The van der Waals surface area contributed by atoms with Gasteiger partial charge in [0.1, 0.15) is 23.9 Å². The number of aromatic amines is 1. The molecule has 1 N–H and O–H groups in total. The largest absolute Gasteiger partial charge is 0.485 e. The molecule has 0 radical (unpaired) electrons. The molecule has 0 saturated carbocycles. The molecule has 36 heavy (non-hydrogen) atoms. The summed E-state index contributed by atoms with van der Waals surface area (Å²) in [4.78, 5) is 17.6. The molecule has 0 aliphatic rings. The van der Waals surface area contributed by atoms with Crippen LogP contribution in [-0.4, -0.2) is 25.4 Å². The van der Waals surface area contributed by atoms with Gasteiger partial charge in [0.25, 0.3) is 0 Å². The first kappa shape index (κ1) is 23.5. The van der Waals surface area contributed by atoms with E-state index in [9.17, 15) is 26.7 Å². The third kappa shape index (κ3) is 4.16. The van der Waals surface area contributed by atoms with E-state index in [1.807, 2.05) is 0 Å². The maximum Gasteiger partial charge on any atom is 0.416 e. The Morgan fingerprint density at radius 3 is 2.56 bits per heavy atom. The number of hydrogen-bond donors (Lipinski definition) is 1. The third-order valence-electron chi connectivity index (χ3n) is 5.78. The highest BCUT2D eigenvalue weighted by Crippen LogP contribution is 2.32. The predicted molar refractivity (Wildman–Crippen MR) is 120 cm³/mol. The lowest BCUT2D eigenvalue weighted by molar-refractivity contribution is -0.137. The molecule has 0 atom stereocenters. The molecule has 0 saturated heterocycles. The van der Waals surface area contributed by atoms with Gasteiger partial charge in [-0.25, -0.2) is 13.8 Å². The number of benzene rings is 2. The van der Waals surface area contributed by atoms with E-state index in [1.165, 1.54) is 16.5 Å². The number of aromatic nitrogens is 4. The molecule has 3 heterocycles. The van der Waals surface area contributed by atoms with Crippen LogP contribution in [0.2, 0.25) is 0 Å². The number of alkyl halides is 3. The van der Waals surface area contributed by atoms with E-state index in [0.29, 0.717) is 11.2 Å². The lowest BCUT2D eigenvalue weighted by atomic mass is 10.1. The van der Waals surface area contributed by atoms with Gasteiger partial charge in [-0.05, 0) is 49.4 Å². The average molecular weight is 500 g/mol. The zero-order valence-corrected chi connectivity index (χ0v) is 18.7. The number of aryl methyl sites for hydroxylation is 1. The number of hydrogen-bond acceptors (Lipinski definition) is 4. The maximum absolute atomic E-state index is 14.0. The molecule has 0 bridgehead atoms. The number of ether oxygens (including phenoxy) is 1. The quantitative estimate of drug-likeness (QED) is 0.236. The Balaban J connectivity index is 1.46. The molecule has 5 aromatic rings. The van der Waals surface area contributed by atoms with Crippen LogP contribution in [-0.2, 0) is 19.2 Å². The van der Waals surface area contributed by atoms with Crippen molar-refractivity contribution in [3.63, 3.8) is 0 Å². The van der Waals surface area contributed by atoms with Crippen molar-refractivity contribution in [2.24, 2.45) is 0 Å². The van der Waals surface area contributed by atoms with Crippen LogP contribution in [0.3, 0.4) is 0 Å². The van der Waals surface area contributed by atoms with Crippen molar-refractivity contribution in [3.05, 3.63) is 94.6 Å². The molecule has 11 heteroatoms. The first-order valence-corrected chi connectivity index (χ1v) is 10.7. The van der Waals surface area contributed by atoms with Gasteiger partial charge in [0.2, 0.25) is 0 Å². The Morgan fingerprint density at radius 1 is 1.08 bits per heavy atom. The highest BCUT2D eigenvalue weighted by atomic mass is 19.4. The van der Waals surface area contributed by atoms with E-state index in [1.54, 1.807) is 25.3 Å². The van der Waals surface area contributed by atoms with E-state index in [4.69, 9.17) is 4.74 Å². The van der Waals surface area contributed by atoms with Crippen LogP contribution in [0.1, 0.15) is 33.0 Å². The van der Waals surface area contributed by atoms with Crippen LogP contribution < -0.4 is 4.74 Å². The number of carbonyl (C=O) groups excluding carboxylic acids is 1. The second kappa shape index (κ2) is 8.74. The van der Waals surface area contributed by atoms with Gasteiger partial charge in [0.05, 0.1) is 34.5 Å². The number of nitrogens with one attached hydrogen (secondary N) is 1. The minimum Gasteiger partial charge on any atom is -0.485 e. The summed E-state index contributed by atoms with van der Waals surface area (Å²) in [6.45, 7) is 1.21. The van der Waals surface area contributed by atoms with Gasteiger partial charge in [0.15, 0.2) is 17.2 Å². The molecule has 0 fully saturated rings. The first-order chi connectivity index (χ1) is 17.1. The Labute approximate surface area is 200 Å². The van der Waals surface area contributed by atoms with Crippen molar-refractivity contribution >= 4 is 22.3 Å². The van der Waals surface area contributed by atoms with E-state index < -0.39 is 35.8 Å². The summed E-state index contributed by atoms with van der Waals surface area (Å²) in [5, 5.41) is 6.84. The van der Waals surface area contributed by atoms with Crippen LogP contribution in [0, 0.1) is 18.6 Å². The molecule has 3 aromatic heterocycles. The van der Waals surface area contributed by atoms with Crippen molar-refractivity contribution in [3.8, 4) is 5.75 Å². The highest BCUT2D eigenvalue weighted by molar-refractivity contribution is 6.00. The Hall–Kier alpha value is -4.28. The van der Waals surface area contributed by atoms with Crippen molar-refractivity contribution < 1.29 is 31.5 Å². The van der Waals surface area contributed by atoms with Gasteiger partial charge in [-0.3, -0.25) is 14.3 Å². The molecule has 184 valence electrons. The van der Waals surface area contributed by atoms with Gasteiger partial charge < -0.3 is 4.74 Å². The fraction of sp³-hybridized carbons (Fsp3) is 0.160. The average Bonchev–Trinajstić information content (AvgIpc) is 3.38. The summed E-state index contributed by atoms with van der Waals surface area (Å²) in [6, 6.07) is 9.75. The number of fused-ring (bicyclic) bond motifs is 2. The van der Waals surface area contributed by atoms with Crippen molar-refractivity contribution in [2.45, 2.75) is 26.1 Å². The van der Waals surface area contributed by atoms with E-state index in [2.05, 4.69) is 15.2 Å². The molecule has 0 aliphatic heterocycles. The van der Waals surface area contributed by atoms with Crippen LogP contribution in [0.4, 0.5) is 22.0 Å². The normalized spacial score (nSPS) is 11.9. The van der Waals surface area contributed by atoms with Crippen LogP contribution in [0.25, 0.3) is 16.6 Å². The number of carbonyl (C=O) groups is 1. The van der Waals surface area contributed by atoms with E-state index >= 15 is 0 Å². The number of pyridine rings is 1. The number of halogens is 5. The molecule has 0 aliphatic carbocycles. The van der Waals surface area contributed by atoms with Crippen LogP contribution >= 0.6 is 0 Å². The zero-order chi connectivity index (χ0) is 25.6. The Kier molecular flexibility index (Phi) is 5.70. The van der Waals surface area contributed by atoms with E-state index in [-0.39, 0.29) is 40.2 Å². The SMILES string of the molecule is Cc1nc2c(OCc3c(F)cccc3F)cccn2c1C(=O)Cc1[nH]nc2ccc(C(F)(F)F)cc12. The lowest BCUT2D eigenvalue weighted by Gasteiger charge is -2.09. The fourth-order valence-corrected chi connectivity index (χ4v) is 4.04. The highest BCUT2D eigenvalue weighted by Gasteiger charge is 2.31. The number of H-pyrrole nitrogens is 1. The minimum atomic E-state index is -4.53. The predicted octanol–water partition coefficient (Wildman–Crippen LogP) is 5.82. The number of nitrogens with zero attached hydrogens (tertiary/aromatic N) is 3. The smallest absolute Gasteiger partial charge is 0.416 e.